The lowest BCUT2D eigenvalue weighted by molar-refractivity contribution is -0.119. The van der Waals surface area contributed by atoms with Gasteiger partial charge in [-0.15, -0.1) is 16.4 Å². The van der Waals surface area contributed by atoms with E-state index in [1.165, 1.54) is 33.7 Å². The highest BCUT2D eigenvalue weighted by Gasteiger charge is 2.25. The SMILES string of the molecule is Cc1ccc(-c2csc(NC(=O)C(Cc3ccc(F)cc3)n3nnnc3C)n2)c(C)c1. The fraction of sp³-hybridized carbons (Fsp3) is 0.227. The number of benzene rings is 2. The topological polar surface area (TPSA) is 85.6 Å². The average Bonchev–Trinajstić information content (AvgIpc) is 3.36. The second-order valence-electron chi connectivity index (χ2n) is 7.36. The normalized spacial score (nSPS) is 12.0. The highest BCUT2D eigenvalue weighted by atomic mass is 32.1. The van der Waals surface area contributed by atoms with Gasteiger partial charge in [-0.25, -0.2) is 14.1 Å². The first-order valence-electron chi connectivity index (χ1n) is 9.73. The largest absolute Gasteiger partial charge is 0.300 e. The first kappa shape index (κ1) is 20.8. The van der Waals surface area contributed by atoms with E-state index in [4.69, 9.17) is 0 Å². The highest BCUT2D eigenvalue weighted by Crippen LogP contribution is 2.28. The minimum atomic E-state index is -0.700. The summed E-state index contributed by atoms with van der Waals surface area (Å²) in [7, 11) is 0. The first-order valence-corrected chi connectivity index (χ1v) is 10.6. The van der Waals surface area contributed by atoms with Crippen molar-refractivity contribution in [2.45, 2.75) is 33.2 Å². The van der Waals surface area contributed by atoms with Gasteiger partial charge in [-0.3, -0.25) is 4.79 Å². The third-order valence-electron chi connectivity index (χ3n) is 4.99. The van der Waals surface area contributed by atoms with Gasteiger partial charge >= 0.3 is 0 Å². The predicted molar refractivity (Wildman–Crippen MR) is 117 cm³/mol. The van der Waals surface area contributed by atoms with Crippen LogP contribution < -0.4 is 5.32 Å². The van der Waals surface area contributed by atoms with Gasteiger partial charge in [0.05, 0.1) is 5.69 Å². The van der Waals surface area contributed by atoms with Crippen LogP contribution in [0.3, 0.4) is 0 Å². The maximum Gasteiger partial charge on any atom is 0.251 e. The minimum Gasteiger partial charge on any atom is -0.300 e. The third-order valence-corrected chi connectivity index (χ3v) is 5.75. The van der Waals surface area contributed by atoms with Crippen molar-refractivity contribution in [3.05, 3.63) is 76.2 Å². The predicted octanol–water partition coefficient (Wildman–Crippen LogP) is 4.28. The smallest absolute Gasteiger partial charge is 0.251 e. The zero-order valence-corrected chi connectivity index (χ0v) is 18.2. The van der Waals surface area contributed by atoms with Gasteiger partial charge in [0.1, 0.15) is 17.7 Å². The molecule has 2 heterocycles. The van der Waals surface area contributed by atoms with Crippen LogP contribution in [-0.2, 0) is 11.2 Å². The van der Waals surface area contributed by atoms with Gasteiger partial charge < -0.3 is 5.32 Å². The lowest BCUT2D eigenvalue weighted by Gasteiger charge is -2.16. The molecule has 1 amide bonds. The standard InChI is InChI=1S/C22H21FN6OS/c1-13-4-9-18(14(2)10-13)19-12-31-22(24-19)25-21(30)20(29-15(3)26-27-28-29)11-16-5-7-17(23)8-6-16/h4-10,12,20H,11H2,1-3H3,(H,24,25,30). The van der Waals surface area contributed by atoms with Gasteiger partial charge in [0.2, 0.25) is 0 Å². The molecule has 0 saturated carbocycles. The molecule has 0 aliphatic carbocycles. The van der Waals surface area contributed by atoms with E-state index in [1.807, 2.05) is 31.4 Å². The van der Waals surface area contributed by atoms with Crippen molar-refractivity contribution < 1.29 is 9.18 Å². The Bertz CT molecular complexity index is 1220. The van der Waals surface area contributed by atoms with Crippen molar-refractivity contribution in [1.29, 1.82) is 0 Å². The van der Waals surface area contributed by atoms with Gasteiger partial charge in [0.25, 0.3) is 5.91 Å². The van der Waals surface area contributed by atoms with E-state index in [-0.39, 0.29) is 11.7 Å². The molecule has 1 atom stereocenters. The summed E-state index contributed by atoms with van der Waals surface area (Å²) >= 11 is 1.36. The molecular formula is C22H21FN6OS. The molecule has 1 N–H and O–H groups in total. The van der Waals surface area contributed by atoms with Crippen LogP contribution in [0.5, 0.6) is 0 Å². The Balaban J connectivity index is 1.57. The first-order chi connectivity index (χ1) is 14.9. The Hall–Kier alpha value is -3.46. The number of nitrogens with zero attached hydrogens (tertiary/aromatic N) is 5. The van der Waals surface area contributed by atoms with Crippen LogP contribution in [0.25, 0.3) is 11.3 Å². The fourth-order valence-corrected chi connectivity index (χ4v) is 4.12. The Morgan fingerprint density at radius 3 is 2.61 bits per heavy atom. The summed E-state index contributed by atoms with van der Waals surface area (Å²) in [4.78, 5) is 17.7. The number of aromatic nitrogens is 5. The van der Waals surface area contributed by atoms with Gasteiger partial charge in [-0.05, 0) is 54.5 Å². The van der Waals surface area contributed by atoms with E-state index < -0.39 is 6.04 Å². The molecule has 0 aliphatic heterocycles. The number of carbonyl (C=O) groups is 1. The second-order valence-corrected chi connectivity index (χ2v) is 8.22. The quantitative estimate of drug-likeness (QED) is 0.488. The maximum atomic E-state index is 13.3. The molecule has 0 spiro atoms. The molecule has 31 heavy (non-hydrogen) atoms. The number of rotatable bonds is 6. The van der Waals surface area contributed by atoms with Crippen molar-refractivity contribution in [3.8, 4) is 11.3 Å². The summed E-state index contributed by atoms with van der Waals surface area (Å²) < 4.78 is 14.7. The van der Waals surface area contributed by atoms with Crippen molar-refractivity contribution in [2.24, 2.45) is 0 Å². The maximum absolute atomic E-state index is 13.3. The molecule has 0 radical (unpaired) electrons. The van der Waals surface area contributed by atoms with Gasteiger partial charge in [-0.1, -0.05) is 35.9 Å². The van der Waals surface area contributed by atoms with E-state index in [2.05, 4.69) is 31.9 Å². The molecule has 7 nitrogen and oxygen atoms in total. The number of carbonyl (C=O) groups excluding carboxylic acids is 1. The molecule has 2 aromatic heterocycles. The molecule has 0 fully saturated rings. The summed E-state index contributed by atoms with van der Waals surface area (Å²) in [5.74, 6) is -0.108. The van der Waals surface area contributed by atoms with Crippen LogP contribution in [-0.4, -0.2) is 31.1 Å². The number of hydrogen-bond acceptors (Lipinski definition) is 6. The number of aryl methyl sites for hydroxylation is 3. The zero-order chi connectivity index (χ0) is 22.0. The molecule has 158 valence electrons. The molecule has 4 rings (SSSR count). The summed E-state index contributed by atoms with van der Waals surface area (Å²) in [6.45, 7) is 5.82. The van der Waals surface area contributed by atoms with E-state index in [1.54, 1.807) is 19.1 Å². The van der Waals surface area contributed by atoms with Gasteiger partial charge in [-0.2, -0.15) is 0 Å². The number of thiazole rings is 1. The van der Waals surface area contributed by atoms with E-state index in [9.17, 15) is 9.18 Å². The number of anilines is 1. The lowest BCUT2D eigenvalue weighted by atomic mass is 10.0. The monoisotopic (exact) mass is 436 g/mol. The molecule has 0 saturated heterocycles. The molecule has 9 heteroatoms. The Morgan fingerprint density at radius 2 is 1.94 bits per heavy atom. The number of halogens is 1. The summed E-state index contributed by atoms with van der Waals surface area (Å²) in [5.41, 5.74) is 4.95. The Kier molecular flexibility index (Phi) is 5.85. The van der Waals surface area contributed by atoms with E-state index in [0.717, 1.165) is 22.4 Å². The molecule has 2 aromatic carbocycles. The molecular weight excluding hydrogens is 415 g/mol. The molecule has 4 aromatic rings. The molecule has 0 aliphatic rings. The third kappa shape index (κ3) is 4.66. The number of tetrazole rings is 1. The van der Waals surface area contributed by atoms with Crippen molar-refractivity contribution in [1.82, 2.24) is 25.2 Å². The Labute approximate surface area is 183 Å². The second kappa shape index (κ2) is 8.73. The van der Waals surface area contributed by atoms with E-state index in [0.29, 0.717) is 17.4 Å². The molecule has 1 unspecified atom stereocenters. The van der Waals surface area contributed by atoms with Crippen molar-refractivity contribution in [2.75, 3.05) is 5.32 Å². The minimum absolute atomic E-state index is 0.291. The van der Waals surface area contributed by atoms with Crippen LogP contribution in [0.15, 0.2) is 47.8 Å². The van der Waals surface area contributed by atoms with Crippen LogP contribution in [0.4, 0.5) is 9.52 Å². The average molecular weight is 437 g/mol. The number of amides is 1. The molecule has 0 bridgehead atoms. The van der Waals surface area contributed by atoms with Gasteiger partial charge in [0.15, 0.2) is 5.13 Å². The Morgan fingerprint density at radius 1 is 1.16 bits per heavy atom. The van der Waals surface area contributed by atoms with Crippen molar-refractivity contribution in [3.63, 3.8) is 0 Å². The summed E-state index contributed by atoms with van der Waals surface area (Å²) in [6.07, 6.45) is 0.313. The summed E-state index contributed by atoms with van der Waals surface area (Å²) in [5, 5.41) is 16.8. The summed E-state index contributed by atoms with van der Waals surface area (Å²) in [6, 6.07) is 11.5. The van der Waals surface area contributed by atoms with Crippen molar-refractivity contribution >= 4 is 22.4 Å². The number of hydrogen-bond donors (Lipinski definition) is 1. The van der Waals surface area contributed by atoms with Crippen LogP contribution in [0, 0.1) is 26.6 Å². The number of nitrogens with one attached hydrogen (secondary N) is 1. The highest BCUT2D eigenvalue weighted by molar-refractivity contribution is 7.14. The zero-order valence-electron chi connectivity index (χ0n) is 17.3. The van der Waals surface area contributed by atoms with Crippen LogP contribution >= 0.6 is 11.3 Å². The van der Waals surface area contributed by atoms with E-state index >= 15 is 0 Å². The van der Waals surface area contributed by atoms with Crippen LogP contribution in [0.1, 0.15) is 28.6 Å². The fourth-order valence-electron chi connectivity index (χ4n) is 3.40. The van der Waals surface area contributed by atoms with Crippen LogP contribution in [0.2, 0.25) is 0 Å². The van der Waals surface area contributed by atoms with Gasteiger partial charge in [0, 0.05) is 17.4 Å². The lowest BCUT2D eigenvalue weighted by Crippen LogP contribution is -2.29.